The van der Waals surface area contributed by atoms with Gasteiger partial charge in [0.2, 0.25) is 0 Å². The molecular weight excluding hydrogens is 290 g/mol. The normalized spacial score (nSPS) is 11.3. The molecule has 0 atom stereocenters. The average molecular weight is 326 g/mol. The van der Waals surface area contributed by atoms with Gasteiger partial charge in [-0.05, 0) is 26.2 Å². The smallest absolute Gasteiger partial charge is 0.104 e. The standard InChI is InChI=1S/C20H36N.ClH/c1-5-8-15-21(16-9-6-2,17-10-7-3)18-20-13-11-19(4)12-14-20;/h11-14H,5-10,15-18H2,1-4H3;1H/q+1;/p-1. The van der Waals surface area contributed by atoms with Crippen LogP contribution in [0.1, 0.15) is 70.4 Å². The number of nitrogens with zero attached hydrogens (tertiary/aromatic N) is 1. The molecule has 0 radical (unpaired) electrons. The van der Waals surface area contributed by atoms with Crippen LogP contribution in [-0.2, 0) is 6.54 Å². The monoisotopic (exact) mass is 325 g/mol. The number of hydrogen-bond acceptors (Lipinski definition) is 0. The number of benzene rings is 1. The summed E-state index contributed by atoms with van der Waals surface area (Å²) in [7, 11) is 0. The summed E-state index contributed by atoms with van der Waals surface area (Å²) in [5, 5.41) is 0. The van der Waals surface area contributed by atoms with E-state index >= 15 is 0 Å². The van der Waals surface area contributed by atoms with Crippen LogP contribution in [0.15, 0.2) is 24.3 Å². The minimum atomic E-state index is 0. The van der Waals surface area contributed by atoms with Crippen LogP contribution in [0.4, 0.5) is 0 Å². The maximum absolute atomic E-state index is 2.34. The zero-order chi connectivity index (χ0) is 15.6. The summed E-state index contributed by atoms with van der Waals surface area (Å²) in [5.41, 5.74) is 2.89. The van der Waals surface area contributed by atoms with E-state index in [1.54, 1.807) is 0 Å². The second-order valence-corrected chi connectivity index (χ2v) is 6.72. The molecule has 0 unspecified atom stereocenters. The molecule has 0 aromatic heterocycles. The number of halogens is 1. The highest BCUT2D eigenvalue weighted by molar-refractivity contribution is 5.20. The van der Waals surface area contributed by atoms with Gasteiger partial charge in [-0.25, -0.2) is 0 Å². The van der Waals surface area contributed by atoms with Crippen LogP contribution in [0.2, 0.25) is 0 Å². The molecule has 128 valence electrons. The van der Waals surface area contributed by atoms with Crippen molar-refractivity contribution in [2.24, 2.45) is 0 Å². The third-order valence-electron chi connectivity index (χ3n) is 4.60. The van der Waals surface area contributed by atoms with Gasteiger partial charge in [-0.1, -0.05) is 69.9 Å². The van der Waals surface area contributed by atoms with Crippen LogP contribution >= 0.6 is 0 Å². The molecular formula is C20H36ClN. The SMILES string of the molecule is CCCC[N+](CCCC)(CCCC)Cc1ccc(C)cc1.[Cl-]. The van der Waals surface area contributed by atoms with E-state index in [-0.39, 0.29) is 12.4 Å². The van der Waals surface area contributed by atoms with Gasteiger partial charge in [-0.2, -0.15) is 0 Å². The second kappa shape index (κ2) is 12.0. The van der Waals surface area contributed by atoms with Crippen LogP contribution in [0.5, 0.6) is 0 Å². The zero-order valence-electron chi connectivity index (χ0n) is 15.2. The van der Waals surface area contributed by atoms with E-state index in [1.165, 1.54) is 80.3 Å². The van der Waals surface area contributed by atoms with Crippen LogP contribution in [0.25, 0.3) is 0 Å². The summed E-state index contributed by atoms with van der Waals surface area (Å²) in [6.45, 7) is 14.4. The molecule has 1 rings (SSSR count). The molecule has 0 aliphatic carbocycles. The van der Waals surface area contributed by atoms with Gasteiger partial charge in [0, 0.05) is 5.56 Å². The first-order valence-corrected chi connectivity index (χ1v) is 9.06. The lowest BCUT2D eigenvalue weighted by molar-refractivity contribution is -0.941. The Labute approximate surface area is 145 Å². The quantitative estimate of drug-likeness (QED) is 0.549. The van der Waals surface area contributed by atoms with Gasteiger partial charge < -0.3 is 16.9 Å². The van der Waals surface area contributed by atoms with Crippen molar-refractivity contribution in [1.82, 2.24) is 0 Å². The first kappa shape index (κ1) is 21.5. The fourth-order valence-corrected chi connectivity index (χ4v) is 3.13. The predicted octanol–water partition coefficient (Wildman–Crippen LogP) is 2.72. The zero-order valence-corrected chi connectivity index (χ0v) is 16.0. The van der Waals surface area contributed by atoms with Gasteiger partial charge in [-0.15, -0.1) is 0 Å². The molecule has 0 saturated carbocycles. The fourth-order valence-electron chi connectivity index (χ4n) is 3.13. The Kier molecular flexibility index (Phi) is 11.7. The highest BCUT2D eigenvalue weighted by Crippen LogP contribution is 2.20. The van der Waals surface area contributed by atoms with Crippen molar-refractivity contribution in [2.45, 2.75) is 72.8 Å². The lowest BCUT2D eigenvalue weighted by Crippen LogP contribution is -3.00. The average Bonchev–Trinajstić information content (AvgIpc) is 2.51. The molecule has 0 heterocycles. The highest BCUT2D eigenvalue weighted by atomic mass is 35.5. The van der Waals surface area contributed by atoms with E-state index < -0.39 is 0 Å². The van der Waals surface area contributed by atoms with Crippen molar-refractivity contribution < 1.29 is 16.9 Å². The topological polar surface area (TPSA) is 0 Å². The molecule has 1 nitrogen and oxygen atoms in total. The number of aryl methyl sites for hydroxylation is 1. The molecule has 2 heteroatoms. The number of unbranched alkanes of at least 4 members (excludes halogenated alkanes) is 3. The molecule has 0 spiro atoms. The maximum atomic E-state index is 2.34. The van der Waals surface area contributed by atoms with E-state index in [9.17, 15) is 0 Å². The largest absolute Gasteiger partial charge is 1.00 e. The lowest BCUT2D eigenvalue weighted by Gasteiger charge is -2.39. The van der Waals surface area contributed by atoms with Crippen molar-refractivity contribution in [1.29, 1.82) is 0 Å². The summed E-state index contributed by atoms with van der Waals surface area (Å²) < 4.78 is 1.30. The first-order valence-electron chi connectivity index (χ1n) is 9.06. The van der Waals surface area contributed by atoms with Crippen molar-refractivity contribution in [2.75, 3.05) is 19.6 Å². The van der Waals surface area contributed by atoms with Gasteiger partial charge >= 0.3 is 0 Å². The van der Waals surface area contributed by atoms with Gasteiger partial charge in [0.1, 0.15) is 6.54 Å². The summed E-state index contributed by atoms with van der Waals surface area (Å²) in [4.78, 5) is 0. The number of quaternary nitrogens is 1. The van der Waals surface area contributed by atoms with Crippen molar-refractivity contribution in [3.8, 4) is 0 Å². The van der Waals surface area contributed by atoms with E-state index in [2.05, 4.69) is 52.0 Å². The third kappa shape index (κ3) is 7.65. The second-order valence-electron chi connectivity index (χ2n) is 6.72. The van der Waals surface area contributed by atoms with Crippen LogP contribution < -0.4 is 12.4 Å². The third-order valence-corrected chi connectivity index (χ3v) is 4.60. The molecule has 0 amide bonds. The fraction of sp³-hybridized carbons (Fsp3) is 0.700. The van der Waals surface area contributed by atoms with Crippen LogP contribution in [0, 0.1) is 6.92 Å². The van der Waals surface area contributed by atoms with Gasteiger partial charge in [0.05, 0.1) is 19.6 Å². The molecule has 1 aromatic rings. The minimum absolute atomic E-state index is 0. The van der Waals surface area contributed by atoms with Crippen molar-refractivity contribution in [3.05, 3.63) is 35.4 Å². The molecule has 0 bridgehead atoms. The summed E-state index contributed by atoms with van der Waals surface area (Å²) >= 11 is 0. The Morgan fingerprint density at radius 1 is 0.727 bits per heavy atom. The summed E-state index contributed by atoms with van der Waals surface area (Å²) in [5.74, 6) is 0. The first-order chi connectivity index (χ1) is 10.2. The van der Waals surface area contributed by atoms with E-state index in [0.29, 0.717) is 0 Å². The number of hydrogen-bond donors (Lipinski definition) is 0. The lowest BCUT2D eigenvalue weighted by atomic mass is 10.1. The Balaban J connectivity index is 0.00000441. The minimum Gasteiger partial charge on any atom is -1.00 e. The van der Waals surface area contributed by atoms with Gasteiger partial charge in [0.25, 0.3) is 0 Å². The predicted molar refractivity (Wildman–Crippen MR) is 94.5 cm³/mol. The summed E-state index contributed by atoms with van der Waals surface area (Å²) in [6, 6.07) is 9.21. The Bertz CT molecular complexity index is 350. The maximum Gasteiger partial charge on any atom is 0.104 e. The van der Waals surface area contributed by atoms with Crippen molar-refractivity contribution in [3.63, 3.8) is 0 Å². The van der Waals surface area contributed by atoms with Gasteiger partial charge in [0.15, 0.2) is 0 Å². The van der Waals surface area contributed by atoms with Crippen molar-refractivity contribution >= 4 is 0 Å². The Morgan fingerprint density at radius 3 is 1.50 bits per heavy atom. The van der Waals surface area contributed by atoms with Gasteiger partial charge in [-0.3, -0.25) is 0 Å². The molecule has 0 fully saturated rings. The summed E-state index contributed by atoms with van der Waals surface area (Å²) in [6.07, 6.45) is 8.02. The van der Waals surface area contributed by atoms with Crippen LogP contribution in [-0.4, -0.2) is 24.1 Å². The van der Waals surface area contributed by atoms with E-state index in [0.717, 1.165) is 0 Å². The highest BCUT2D eigenvalue weighted by Gasteiger charge is 2.26. The number of rotatable bonds is 11. The molecule has 22 heavy (non-hydrogen) atoms. The molecule has 1 aromatic carbocycles. The molecule has 0 saturated heterocycles. The molecule has 0 N–H and O–H groups in total. The molecule has 0 aliphatic heterocycles. The molecule has 0 aliphatic rings. The Hall–Kier alpha value is -0.530. The van der Waals surface area contributed by atoms with E-state index in [1.807, 2.05) is 0 Å². The van der Waals surface area contributed by atoms with E-state index in [4.69, 9.17) is 0 Å². The Morgan fingerprint density at radius 2 is 1.14 bits per heavy atom. The van der Waals surface area contributed by atoms with Crippen LogP contribution in [0.3, 0.4) is 0 Å².